The van der Waals surface area contributed by atoms with Gasteiger partial charge in [0.05, 0.1) is 6.61 Å². The Hall–Kier alpha value is -1.05. The first-order valence-electron chi connectivity index (χ1n) is 3.62. The minimum absolute atomic E-state index is 0.360. The van der Waals surface area contributed by atoms with Crippen LogP contribution in [0.1, 0.15) is 13.3 Å². The van der Waals surface area contributed by atoms with E-state index in [1.165, 1.54) is 6.08 Å². The van der Waals surface area contributed by atoms with Gasteiger partial charge in [-0.2, -0.15) is 0 Å². The van der Waals surface area contributed by atoms with Crippen molar-refractivity contribution in [2.45, 2.75) is 13.3 Å². The average Bonchev–Trinajstić information content (AvgIpc) is 2.04. The van der Waals surface area contributed by atoms with Crippen LogP contribution in [0.2, 0.25) is 0 Å². The van der Waals surface area contributed by atoms with Gasteiger partial charge in [-0.3, -0.25) is 0 Å². The summed E-state index contributed by atoms with van der Waals surface area (Å²) < 4.78 is 4.76. The number of carbonyl (C=O) groups excluding carboxylic acids is 1. The van der Waals surface area contributed by atoms with Crippen LogP contribution < -0.4 is 0 Å². The standard InChI is InChI=1S/C9H14O2/c1-4-8(3)6-7-11-9(10)5-2/h4-5,8H,1-2,6-7H2,3H3. The summed E-state index contributed by atoms with van der Waals surface area (Å²) in [5.74, 6) is 0.0360. The van der Waals surface area contributed by atoms with Crippen molar-refractivity contribution in [1.29, 1.82) is 0 Å². The van der Waals surface area contributed by atoms with E-state index in [0.717, 1.165) is 6.42 Å². The van der Waals surface area contributed by atoms with Crippen molar-refractivity contribution in [2.24, 2.45) is 5.92 Å². The molecule has 0 N–H and O–H groups in total. The molecule has 2 heteroatoms. The summed E-state index contributed by atoms with van der Waals surface area (Å²) in [6.45, 7) is 9.37. The third kappa shape index (κ3) is 5.40. The average molecular weight is 154 g/mol. The minimum atomic E-state index is -0.360. The van der Waals surface area contributed by atoms with Crippen molar-refractivity contribution in [3.8, 4) is 0 Å². The summed E-state index contributed by atoms with van der Waals surface area (Å²) in [4.78, 5) is 10.5. The Morgan fingerprint density at radius 2 is 2.27 bits per heavy atom. The molecule has 0 aliphatic heterocycles. The fourth-order valence-electron chi connectivity index (χ4n) is 0.522. The van der Waals surface area contributed by atoms with Crippen LogP contribution in [0.4, 0.5) is 0 Å². The maximum Gasteiger partial charge on any atom is 0.330 e. The summed E-state index contributed by atoms with van der Waals surface area (Å²) in [7, 11) is 0. The highest BCUT2D eigenvalue weighted by Crippen LogP contribution is 2.01. The van der Waals surface area contributed by atoms with Crippen molar-refractivity contribution >= 4 is 5.97 Å². The highest BCUT2D eigenvalue weighted by molar-refractivity contribution is 5.81. The molecular weight excluding hydrogens is 140 g/mol. The molecule has 0 aromatic rings. The van der Waals surface area contributed by atoms with Crippen LogP contribution in [0.25, 0.3) is 0 Å². The molecule has 1 atom stereocenters. The molecule has 0 bridgehead atoms. The molecule has 0 heterocycles. The first-order valence-corrected chi connectivity index (χ1v) is 3.62. The van der Waals surface area contributed by atoms with Gasteiger partial charge in [0.2, 0.25) is 0 Å². The van der Waals surface area contributed by atoms with Gasteiger partial charge in [-0.25, -0.2) is 4.79 Å². The maximum absolute atomic E-state index is 10.5. The highest BCUT2D eigenvalue weighted by atomic mass is 16.5. The van der Waals surface area contributed by atoms with E-state index in [1.54, 1.807) is 0 Å². The van der Waals surface area contributed by atoms with Crippen molar-refractivity contribution < 1.29 is 9.53 Å². The van der Waals surface area contributed by atoms with Gasteiger partial charge in [-0.05, 0) is 12.3 Å². The van der Waals surface area contributed by atoms with Crippen molar-refractivity contribution in [2.75, 3.05) is 6.61 Å². The minimum Gasteiger partial charge on any atom is -0.463 e. The van der Waals surface area contributed by atoms with E-state index in [2.05, 4.69) is 13.2 Å². The van der Waals surface area contributed by atoms with Gasteiger partial charge >= 0.3 is 5.97 Å². The molecule has 0 aliphatic rings. The molecule has 62 valence electrons. The van der Waals surface area contributed by atoms with Crippen molar-refractivity contribution in [1.82, 2.24) is 0 Å². The van der Waals surface area contributed by atoms with E-state index in [9.17, 15) is 4.79 Å². The van der Waals surface area contributed by atoms with E-state index in [4.69, 9.17) is 4.74 Å². The Labute approximate surface area is 67.6 Å². The normalized spacial score (nSPS) is 11.7. The number of carbonyl (C=O) groups is 1. The SMILES string of the molecule is C=CC(=O)OCCC(C)C=C. The predicted octanol–water partition coefficient (Wildman–Crippen LogP) is 1.93. The lowest BCUT2D eigenvalue weighted by molar-refractivity contribution is -0.137. The van der Waals surface area contributed by atoms with Crippen LogP contribution in [0.5, 0.6) is 0 Å². The number of hydrogen-bond donors (Lipinski definition) is 0. The highest BCUT2D eigenvalue weighted by Gasteiger charge is 1.98. The smallest absolute Gasteiger partial charge is 0.330 e. The molecule has 11 heavy (non-hydrogen) atoms. The maximum atomic E-state index is 10.5. The summed E-state index contributed by atoms with van der Waals surface area (Å²) in [6, 6.07) is 0. The fourth-order valence-corrected chi connectivity index (χ4v) is 0.522. The summed E-state index contributed by atoms with van der Waals surface area (Å²) in [6.07, 6.45) is 3.82. The van der Waals surface area contributed by atoms with Crippen LogP contribution in [-0.2, 0) is 9.53 Å². The first-order chi connectivity index (χ1) is 5.20. The second-order valence-corrected chi connectivity index (χ2v) is 2.37. The van der Waals surface area contributed by atoms with Crippen LogP contribution in [0.3, 0.4) is 0 Å². The van der Waals surface area contributed by atoms with Gasteiger partial charge < -0.3 is 4.74 Å². The number of allylic oxidation sites excluding steroid dienone is 1. The zero-order valence-electron chi connectivity index (χ0n) is 6.88. The number of hydrogen-bond acceptors (Lipinski definition) is 2. The van der Waals surface area contributed by atoms with Crippen LogP contribution in [-0.4, -0.2) is 12.6 Å². The Morgan fingerprint density at radius 1 is 1.64 bits per heavy atom. The largest absolute Gasteiger partial charge is 0.463 e. The zero-order valence-corrected chi connectivity index (χ0v) is 6.88. The van der Waals surface area contributed by atoms with Gasteiger partial charge in [0, 0.05) is 6.08 Å². The second-order valence-electron chi connectivity index (χ2n) is 2.37. The molecular formula is C9H14O2. The van der Waals surface area contributed by atoms with E-state index in [0.29, 0.717) is 12.5 Å². The Kier molecular flexibility index (Phi) is 5.17. The number of rotatable bonds is 5. The number of ether oxygens (including phenoxy) is 1. The molecule has 0 fully saturated rings. The van der Waals surface area contributed by atoms with E-state index >= 15 is 0 Å². The molecule has 0 saturated carbocycles. The predicted molar refractivity (Wildman–Crippen MR) is 45.1 cm³/mol. The second kappa shape index (κ2) is 5.71. The van der Waals surface area contributed by atoms with Crippen LogP contribution >= 0.6 is 0 Å². The van der Waals surface area contributed by atoms with E-state index in [-0.39, 0.29) is 5.97 Å². The lowest BCUT2D eigenvalue weighted by atomic mass is 10.1. The monoisotopic (exact) mass is 154 g/mol. The molecule has 0 rings (SSSR count). The Balaban J connectivity index is 3.33. The molecule has 0 aromatic carbocycles. The molecule has 1 unspecified atom stereocenters. The van der Waals surface area contributed by atoms with Crippen LogP contribution in [0, 0.1) is 5.92 Å². The molecule has 0 saturated heterocycles. The molecule has 0 aromatic heterocycles. The van der Waals surface area contributed by atoms with Gasteiger partial charge in [-0.15, -0.1) is 6.58 Å². The Morgan fingerprint density at radius 3 is 2.73 bits per heavy atom. The van der Waals surface area contributed by atoms with Gasteiger partial charge in [0.15, 0.2) is 0 Å². The third-order valence-corrected chi connectivity index (χ3v) is 1.39. The van der Waals surface area contributed by atoms with E-state index in [1.807, 2.05) is 13.0 Å². The lowest BCUT2D eigenvalue weighted by Gasteiger charge is -2.04. The van der Waals surface area contributed by atoms with Gasteiger partial charge in [0.1, 0.15) is 0 Å². The first kappa shape index (κ1) is 9.95. The molecule has 0 radical (unpaired) electrons. The third-order valence-electron chi connectivity index (χ3n) is 1.39. The van der Waals surface area contributed by atoms with Gasteiger partial charge in [-0.1, -0.05) is 19.6 Å². The topological polar surface area (TPSA) is 26.3 Å². The summed E-state index contributed by atoms with van der Waals surface area (Å²) >= 11 is 0. The quantitative estimate of drug-likeness (QED) is 0.343. The van der Waals surface area contributed by atoms with Crippen LogP contribution in [0.15, 0.2) is 25.3 Å². The molecule has 0 aliphatic carbocycles. The number of esters is 1. The lowest BCUT2D eigenvalue weighted by Crippen LogP contribution is -2.04. The Bertz CT molecular complexity index is 150. The molecule has 0 amide bonds. The van der Waals surface area contributed by atoms with Gasteiger partial charge in [0.25, 0.3) is 0 Å². The molecule has 2 nitrogen and oxygen atoms in total. The molecule has 0 spiro atoms. The van der Waals surface area contributed by atoms with Crippen molar-refractivity contribution in [3.05, 3.63) is 25.3 Å². The fraction of sp³-hybridized carbons (Fsp3) is 0.444. The zero-order chi connectivity index (χ0) is 8.69. The van der Waals surface area contributed by atoms with Crippen molar-refractivity contribution in [3.63, 3.8) is 0 Å². The summed E-state index contributed by atoms with van der Waals surface area (Å²) in [5.41, 5.74) is 0. The van der Waals surface area contributed by atoms with E-state index < -0.39 is 0 Å². The summed E-state index contributed by atoms with van der Waals surface area (Å²) in [5, 5.41) is 0.